The molecule has 0 aliphatic carbocycles. The molecule has 0 saturated carbocycles. The normalized spacial score (nSPS) is 26.1. The van der Waals surface area contributed by atoms with Gasteiger partial charge in [-0.3, -0.25) is 0 Å². The van der Waals surface area contributed by atoms with Crippen LogP contribution in [-0.2, 0) is 9.31 Å². The third-order valence-corrected chi connectivity index (χ3v) is 4.11. The third-order valence-electron chi connectivity index (χ3n) is 4.11. The Labute approximate surface area is 108 Å². The Bertz CT molecular complexity index is 377. The molecule has 0 atom stereocenters. The largest absolute Gasteiger partial charge is 0.490 e. The number of amides is 2. The standard InChI is InChI=1S/C12H21BN2O3/c1-11(2)12(3,4)18-13(17-11)9-5-7-15(8-6-9)10(14)16/h5H,6-8H2,1-4H3,(H2,14,16). The van der Waals surface area contributed by atoms with Gasteiger partial charge < -0.3 is 19.9 Å². The highest BCUT2D eigenvalue weighted by atomic mass is 16.7. The summed E-state index contributed by atoms with van der Waals surface area (Å²) in [6, 6.07) is -0.376. The molecular weight excluding hydrogens is 231 g/mol. The molecule has 5 nitrogen and oxygen atoms in total. The molecule has 2 rings (SSSR count). The maximum Gasteiger partial charge on any atom is 0.490 e. The van der Waals surface area contributed by atoms with Crippen molar-refractivity contribution in [3.8, 4) is 0 Å². The summed E-state index contributed by atoms with van der Waals surface area (Å²) in [6.45, 7) is 9.30. The zero-order valence-electron chi connectivity index (χ0n) is 11.5. The van der Waals surface area contributed by atoms with Crippen molar-refractivity contribution >= 4 is 13.1 Å². The highest BCUT2D eigenvalue weighted by Gasteiger charge is 2.52. The number of nitrogens with two attached hydrogens (primary N) is 1. The first-order chi connectivity index (χ1) is 8.23. The van der Waals surface area contributed by atoms with Crippen LogP contribution in [0, 0.1) is 0 Å². The monoisotopic (exact) mass is 252 g/mol. The summed E-state index contributed by atoms with van der Waals surface area (Å²) in [4.78, 5) is 12.7. The van der Waals surface area contributed by atoms with Gasteiger partial charge in [0.05, 0.1) is 11.2 Å². The Hall–Kier alpha value is -1.01. The van der Waals surface area contributed by atoms with Crippen molar-refractivity contribution in [2.45, 2.75) is 45.3 Å². The first-order valence-corrected chi connectivity index (χ1v) is 6.32. The topological polar surface area (TPSA) is 64.8 Å². The maximum atomic E-state index is 11.0. The Balaban J connectivity index is 2.06. The molecule has 0 bridgehead atoms. The van der Waals surface area contributed by atoms with Crippen LogP contribution in [0.5, 0.6) is 0 Å². The maximum absolute atomic E-state index is 11.0. The van der Waals surface area contributed by atoms with E-state index < -0.39 is 0 Å². The first kappa shape index (κ1) is 13.4. The molecule has 0 aromatic rings. The molecular formula is C12H21BN2O3. The fraction of sp³-hybridized carbons (Fsp3) is 0.750. The minimum absolute atomic E-state index is 0.301. The molecule has 1 saturated heterocycles. The molecule has 6 heteroatoms. The van der Waals surface area contributed by atoms with Gasteiger partial charge in [0.2, 0.25) is 0 Å². The lowest BCUT2D eigenvalue weighted by atomic mass is 9.75. The molecule has 2 aliphatic heterocycles. The van der Waals surface area contributed by atoms with E-state index in [9.17, 15) is 4.79 Å². The van der Waals surface area contributed by atoms with E-state index in [0.717, 1.165) is 11.9 Å². The van der Waals surface area contributed by atoms with Crippen LogP contribution in [-0.4, -0.2) is 42.3 Å². The van der Waals surface area contributed by atoms with Crippen LogP contribution < -0.4 is 5.73 Å². The zero-order valence-corrected chi connectivity index (χ0v) is 11.5. The second-order valence-electron chi connectivity index (χ2n) is 5.90. The summed E-state index contributed by atoms with van der Waals surface area (Å²) in [5, 5.41) is 0. The molecule has 2 heterocycles. The Morgan fingerprint density at radius 3 is 2.28 bits per heavy atom. The second-order valence-corrected chi connectivity index (χ2v) is 5.90. The van der Waals surface area contributed by atoms with E-state index >= 15 is 0 Å². The van der Waals surface area contributed by atoms with Gasteiger partial charge in [-0.2, -0.15) is 0 Å². The lowest BCUT2D eigenvalue weighted by molar-refractivity contribution is 0.00578. The Morgan fingerprint density at radius 2 is 1.89 bits per heavy atom. The lowest BCUT2D eigenvalue weighted by Crippen LogP contribution is -2.41. The summed E-state index contributed by atoms with van der Waals surface area (Å²) < 4.78 is 11.9. The van der Waals surface area contributed by atoms with E-state index in [4.69, 9.17) is 15.0 Å². The van der Waals surface area contributed by atoms with Crippen LogP contribution in [0.1, 0.15) is 34.1 Å². The molecule has 0 aromatic heterocycles. The summed E-state index contributed by atoms with van der Waals surface area (Å²) in [6.07, 6.45) is 2.73. The van der Waals surface area contributed by atoms with Crippen LogP contribution >= 0.6 is 0 Å². The van der Waals surface area contributed by atoms with Gasteiger partial charge in [0.1, 0.15) is 0 Å². The average Bonchev–Trinajstić information content (AvgIpc) is 2.48. The van der Waals surface area contributed by atoms with Crippen LogP contribution in [0.4, 0.5) is 4.79 Å². The number of carbonyl (C=O) groups excluding carboxylic acids is 1. The van der Waals surface area contributed by atoms with E-state index in [1.807, 2.05) is 33.8 Å². The van der Waals surface area contributed by atoms with Crippen molar-refractivity contribution in [2.24, 2.45) is 5.73 Å². The highest BCUT2D eigenvalue weighted by molar-refractivity contribution is 6.54. The van der Waals surface area contributed by atoms with Crippen LogP contribution in [0.2, 0.25) is 0 Å². The molecule has 2 N–H and O–H groups in total. The van der Waals surface area contributed by atoms with E-state index in [0.29, 0.717) is 13.1 Å². The molecule has 0 unspecified atom stereocenters. The summed E-state index contributed by atoms with van der Waals surface area (Å²) in [7, 11) is -0.301. The minimum atomic E-state index is -0.376. The van der Waals surface area contributed by atoms with Crippen LogP contribution in [0.15, 0.2) is 11.5 Å². The molecule has 2 aliphatic rings. The fourth-order valence-electron chi connectivity index (χ4n) is 2.09. The van der Waals surface area contributed by atoms with Crippen molar-refractivity contribution in [1.82, 2.24) is 4.90 Å². The number of nitrogens with zero attached hydrogens (tertiary/aromatic N) is 1. The Kier molecular flexibility index (Phi) is 3.19. The Morgan fingerprint density at radius 1 is 1.33 bits per heavy atom. The van der Waals surface area contributed by atoms with Crippen molar-refractivity contribution in [2.75, 3.05) is 13.1 Å². The van der Waals surface area contributed by atoms with Gasteiger partial charge in [0, 0.05) is 13.1 Å². The molecule has 100 valence electrons. The summed E-state index contributed by atoms with van der Waals surface area (Å²) in [5.41, 5.74) is 5.71. The van der Waals surface area contributed by atoms with E-state index in [1.165, 1.54) is 0 Å². The van der Waals surface area contributed by atoms with Gasteiger partial charge in [-0.05, 0) is 39.6 Å². The third kappa shape index (κ3) is 2.27. The highest BCUT2D eigenvalue weighted by Crippen LogP contribution is 2.39. The molecule has 1 fully saturated rings. The van der Waals surface area contributed by atoms with Crippen molar-refractivity contribution in [3.05, 3.63) is 11.5 Å². The zero-order chi connectivity index (χ0) is 13.6. The van der Waals surface area contributed by atoms with Gasteiger partial charge in [0.15, 0.2) is 0 Å². The quantitative estimate of drug-likeness (QED) is 0.716. The summed E-state index contributed by atoms with van der Waals surface area (Å²) >= 11 is 0. The predicted molar refractivity (Wildman–Crippen MR) is 69.9 cm³/mol. The predicted octanol–water partition coefficient (Wildman–Crippen LogP) is 1.33. The number of rotatable bonds is 1. The van der Waals surface area contributed by atoms with Gasteiger partial charge in [0.25, 0.3) is 0 Å². The SMILES string of the molecule is CC1(C)OB(C2=CCN(C(N)=O)CC2)OC1(C)C. The minimum Gasteiger partial charge on any atom is -0.400 e. The molecule has 0 aromatic carbocycles. The number of hydrogen-bond acceptors (Lipinski definition) is 3. The van der Waals surface area contributed by atoms with Crippen molar-refractivity contribution in [3.63, 3.8) is 0 Å². The van der Waals surface area contributed by atoms with Crippen molar-refractivity contribution < 1.29 is 14.1 Å². The summed E-state index contributed by atoms with van der Waals surface area (Å²) in [5.74, 6) is 0. The number of carbonyl (C=O) groups is 1. The number of hydrogen-bond donors (Lipinski definition) is 1. The lowest BCUT2D eigenvalue weighted by Gasteiger charge is -2.32. The molecule has 0 radical (unpaired) electrons. The van der Waals surface area contributed by atoms with Gasteiger partial charge in [-0.25, -0.2) is 4.79 Å². The van der Waals surface area contributed by atoms with E-state index in [1.54, 1.807) is 4.90 Å². The smallest absolute Gasteiger partial charge is 0.400 e. The van der Waals surface area contributed by atoms with E-state index in [2.05, 4.69) is 0 Å². The first-order valence-electron chi connectivity index (χ1n) is 6.32. The van der Waals surface area contributed by atoms with Crippen molar-refractivity contribution in [1.29, 1.82) is 0 Å². The fourth-order valence-corrected chi connectivity index (χ4v) is 2.09. The second kappa shape index (κ2) is 4.28. The molecule has 0 spiro atoms. The van der Waals surface area contributed by atoms with Gasteiger partial charge >= 0.3 is 13.1 Å². The van der Waals surface area contributed by atoms with Gasteiger partial charge in [-0.15, -0.1) is 0 Å². The molecule has 18 heavy (non-hydrogen) atoms. The van der Waals surface area contributed by atoms with Crippen LogP contribution in [0.3, 0.4) is 0 Å². The number of urea groups is 1. The van der Waals surface area contributed by atoms with Crippen LogP contribution in [0.25, 0.3) is 0 Å². The van der Waals surface area contributed by atoms with E-state index in [-0.39, 0.29) is 24.4 Å². The van der Waals surface area contributed by atoms with Gasteiger partial charge in [-0.1, -0.05) is 6.08 Å². The number of primary amides is 1. The molecule has 2 amide bonds. The average molecular weight is 252 g/mol.